The lowest BCUT2D eigenvalue weighted by molar-refractivity contribution is 0.587. The fraction of sp³-hybridized carbons (Fsp3) is 0.600. The van der Waals surface area contributed by atoms with Gasteiger partial charge in [0.25, 0.3) is 0 Å². The van der Waals surface area contributed by atoms with Gasteiger partial charge in [-0.3, -0.25) is 0 Å². The smallest absolute Gasteiger partial charge is 0.0492 e. The predicted molar refractivity (Wildman–Crippen MR) is 67.9 cm³/mol. The minimum atomic E-state index is 0.516. The van der Waals surface area contributed by atoms with E-state index in [1.807, 2.05) is 11.3 Å². The molecular formula is C10H14Br2S. The van der Waals surface area contributed by atoms with E-state index in [4.69, 9.17) is 0 Å². The molecule has 3 heteroatoms. The number of rotatable bonds is 3. The van der Waals surface area contributed by atoms with Crippen molar-refractivity contribution in [1.29, 1.82) is 0 Å². The van der Waals surface area contributed by atoms with Gasteiger partial charge < -0.3 is 0 Å². The van der Waals surface area contributed by atoms with Gasteiger partial charge in [-0.1, -0.05) is 29.8 Å². The van der Waals surface area contributed by atoms with Crippen molar-refractivity contribution >= 4 is 43.2 Å². The first kappa shape index (κ1) is 11.7. The monoisotopic (exact) mass is 324 g/mol. The zero-order chi connectivity index (χ0) is 10.0. The topological polar surface area (TPSA) is 0 Å². The Bertz CT molecular complexity index is 259. The molecule has 0 radical (unpaired) electrons. The van der Waals surface area contributed by atoms with Crippen molar-refractivity contribution in [3.8, 4) is 0 Å². The van der Waals surface area contributed by atoms with Gasteiger partial charge in [-0.2, -0.15) is 0 Å². The first-order valence-electron chi connectivity index (χ1n) is 4.40. The molecule has 1 rings (SSSR count). The Morgan fingerprint density at radius 3 is 2.46 bits per heavy atom. The highest BCUT2D eigenvalue weighted by Gasteiger charge is 2.13. The minimum Gasteiger partial charge on any atom is -0.143 e. The first-order valence-corrected chi connectivity index (χ1v) is 6.93. The molecule has 0 nitrogen and oxygen atoms in total. The van der Waals surface area contributed by atoms with E-state index in [9.17, 15) is 0 Å². The lowest BCUT2D eigenvalue weighted by Crippen LogP contribution is -1.93. The lowest BCUT2D eigenvalue weighted by atomic mass is 10.1. The summed E-state index contributed by atoms with van der Waals surface area (Å²) in [6.45, 7) is 6.65. The van der Waals surface area contributed by atoms with E-state index in [0.717, 1.165) is 5.92 Å². The second-order valence-corrected chi connectivity index (χ2v) is 6.90. The Hall–Kier alpha value is 0.660. The molecule has 1 heterocycles. The summed E-state index contributed by atoms with van der Waals surface area (Å²) >= 11 is 9.13. The Morgan fingerprint density at radius 1 is 1.46 bits per heavy atom. The fourth-order valence-corrected chi connectivity index (χ4v) is 3.88. The van der Waals surface area contributed by atoms with Crippen molar-refractivity contribution in [3.63, 3.8) is 0 Å². The molecular weight excluding hydrogens is 312 g/mol. The van der Waals surface area contributed by atoms with Crippen molar-refractivity contribution in [1.82, 2.24) is 0 Å². The summed E-state index contributed by atoms with van der Waals surface area (Å²) in [5, 5.41) is 0. The molecule has 0 bridgehead atoms. The van der Waals surface area contributed by atoms with Gasteiger partial charge in [0.05, 0.1) is 0 Å². The molecule has 1 aromatic heterocycles. The quantitative estimate of drug-likeness (QED) is 0.661. The van der Waals surface area contributed by atoms with Crippen LogP contribution in [-0.2, 0) is 0 Å². The van der Waals surface area contributed by atoms with E-state index in [1.54, 1.807) is 0 Å². The Kier molecular flexibility index (Phi) is 4.46. The van der Waals surface area contributed by atoms with Gasteiger partial charge in [-0.05, 0) is 41.3 Å². The minimum absolute atomic E-state index is 0.516. The standard InChI is InChI=1S/C10H14Br2S/c1-6(2)4-9(12)10-5-8(11)7(3)13-10/h5-6,9H,4H2,1-3H3. The highest BCUT2D eigenvalue weighted by Crippen LogP contribution is 2.37. The second kappa shape index (κ2) is 4.94. The average molecular weight is 326 g/mol. The molecule has 0 aliphatic heterocycles. The molecule has 0 aliphatic rings. The molecule has 0 aromatic carbocycles. The molecule has 13 heavy (non-hydrogen) atoms. The first-order chi connectivity index (χ1) is 6.00. The molecule has 0 N–H and O–H groups in total. The SMILES string of the molecule is Cc1sc(C(Br)CC(C)C)cc1Br. The maximum Gasteiger partial charge on any atom is 0.0492 e. The summed E-state index contributed by atoms with van der Waals surface area (Å²) in [6.07, 6.45) is 1.20. The third kappa shape index (κ3) is 3.37. The number of alkyl halides is 1. The fourth-order valence-electron chi connectivity index (χ4n) is 1.17. The number of hydrogen-bond acceptors (Lipinski definition) is 1. The van der Waals surface area contributed by atoms with E-state index in [0.29, 0.717) is 4.83 Å². The summed E-state index contributed by atoms with van der Waals surface area (Å²) in [4.78, 5) is 3.31. The third-order valence-corrected chi connectivity index (χ3v) is 5.28. The average Bonchev–Trinajstić information content (AvgIpc) is 2.31. The molecule has 1 aromatic rings. The van der Waals surface area contributed by atoms with Crippen LogP contribution in [0.3, 0.4) is 0 Å². The van der Waals surface area contributed by atoms with Gasteiger partial charge in [0.15, 0.2) is 0 Å². The van der Waals surface area contributed by atoms with Crippen LogP contribution in [0.1, 0.15) is 34.8 Å². The van der Waals surface area contributed by atoms with Crippen LogP contribution in [0, 0.1) is 12.8 Å². The van der Waals surface area contributed by atoms with Crippen molar-refractivity contribution in [2.24, 2.45) is 5.92 Å². The van der Waals surface area contributed by atoms with Gasteiger partial charge in [0, 0.05) is 19.1 Å². The van der Waals surface area contributed by atoms with Crippen LogP contribution in [0.5, 0.6) is 0 Å². The molecule has 1 atom stereocenters. The van der Waals surface area contributed by atoms with Crippen LogP contribution >= 0.6 is 43.2 Å². The van der Waals surface area contributed by atoms with Crippen LogP contribution < -0.4 is 0 Å². The Balaban J connectivity index is 2.71. The summed E-state index contributed by atoms with van der Waals surface area (Å²) in [7, 11) is 0. The molecule has 0 saturated heterocycles. The molecule has 0 aliphatic carbocycles. The van der Waals surface area contributed by atoms with E-state index >= 15 is 0 Å². The Morgan fingerprint density at radius 2 is 2.08 bits per heavy atom. The molecule has 0 amide bonds. The van der Waals surface area contributed by atoms with E-state index in [-0.39, 0.29) is 0 Å². The molecule has 74 valence electrons. The largest absolute Gasteiger partial charge is 0.143 e. The number of hydrogen-bond donors (Lipinski definition) is 0. The van der Waals surface area contributed by atoms with Gasteiger partial charge >= 0.3 is 0 Å². The summed E-state index contributed by atoms with van der Waals surface area (Å²) < 4.78 is 1.24. The highest BCUT2D eigenvalue weighted by molar-refractivity contribution is 9.10. The third-order valence-electron chi connectivity index (χ3n) is 1.86. The van der Waals surface area contributed by atoms with Gasteiger partial charge in [0.2, 0.25) is 0 Å². The van der Waals surface area contributed by atoms with Crippen molar-refractivity contribution in [2.45, 2.75) is 32.0 Å². The molecule has 0 spiro atoms. The van der Waals surface area contributed by atoms with Crippen molar-refractivity contribution in [3.05, 3.63) is 20.3 Å². The van der Waals surface area contributed by atoms with Crippen molar-refractivity contribution in [2.75, 3.05) is 0 Å². The van der Waals surface area contributed by atoms with E-state index in [1.165, 1.54) is 20.6 Å². The van der Waals surface area contributed by atoms with Crippen LogP contribution in [0.15, 0.2) is 10.5 Å². The predicted octanol–water partition coefficient (Wildman–Crippen LogP) is 5.30. The second-order valence-electron chi connectivity index (χ2n) is 3.65. The summed E-state index contributed by atoms with van der Waals surface area (Å²) in [5.74, 6) is 0.741. The zero-order valence-corrected chi connectivity index (χ0v) is 12.1. The summed E-state index contributed by atoms with van der Waals surface area (Å²) in [5.41, 5.74) is 0. The number of aryl methyl sites for hydroxylation is 1. The zero-order valence-electron chi connectivity index (χ0n) is 8.10. The normalized spacial score (nSPS) is 13.7. The maximum atomic E-state index is 3.72. The highest BCUT2D eigenvalue weighted by atomic mass is 79.9. The van der Waals surface area contributed by atoms with Gasteiger partial charge in [0.1, 0.15) is 0 Å². The van der Waals surface area contributed by atoms with Crippen LogP contribution in [0.2, 0.25) is 0 Å². The van der Waals surface area contributed by atoms with Crippen molar-refractivity contribution < 1.29 is 0 Å². The van der Waals surface area contributed by atoms with E-state index < -0.39 is 0 Å². The lowest BCUT2D eigenvalue weighted by Gasteiger charge is -2.09. The van der Waals surface area contributed by atoms with Crippen LogP contribution in [0.25, 0.3) is 0 Å². The maximum absolute atomic E-state index is 3.72. The van der Waals surface area contributed by atoms with Gasteiger partial charge in [-0.15, -0.1) is 11.3 Å². The number of thiophene rings is 1. The summed E-state index contributed by atoms with van der Waals surface area (Å²) in [6, 6.07) is 2.22. The van der Waals surface area contributed by atoms with Crippen LogP contribution in [0.4, 0.5) is 0 Å². The van der Waals surface area contributed by atoms with E-state index in [2.05, 4.69) is 58.7 Å². The molecule has 0 fully saturated rings. The Labute approximate surface area is 101 Å². The molecule has 0 saturated carbocycles. The van der Waals surface area contributed by atoms with Gasteiger partial charge in [-0.25, -0.2) is 0 Å². The molecule has 1 unspecified atom stereocenters. The van der Waals surface area contributed by atoms with Crippen LogP contribution in [-0.4, -0.2) is 0 Å². The number of halogens is 2.